The minimum atomic E-state index is -0.995. The van der Waals surface area contributed by atoms with Gasteiger partial charge in [-0.25, -0.2) is 4.79 Å². The lowest BCUT2D eigenvalue weighted by molar-refractivity contribution is 0.0696. The summed E-state index contributed by atoms with van der Waals surface area (Å²) in [6.45, 7) is 0. The molecule has 0 aliphatic heterocycles. The molecule has 1 saturated carbocycles. The number of pyridine rings is 1. The molecule has 0 atom stereocenters. The van der Waals surface area contributed by atoms with E-state index in [2.05, 4.69) is 11.1 Å². The van der Waals surface area contributed by atoms with Gasteiger partial charge in [0, 0.05) is 6.20 Å². The molecule has 2 rings (SSSR count). The first kappa shape index (κ1) is 8.70. The SMILES string of the molecule is N#CC1(c2ccc(C(=O)O)cn2)CC1. The lowest BCUT2D eigenvalue weighted by atomic mass is 10.0. The molecule has 1 N–H and O–H groups in total. The summed E-state index contributed by atoms with van der Waals surface area (Å²) in [6, 6.07) is 5.32. The lowest BCUT2D eigenvalue weighted by Gasteiger charge is -2.03. The highest BCUT2D eigenvalue weighted by Gasteiger charge is 2.46. The number of carboxylic acids is 1. The molecule has 1 aliphatic rings. The standard InChI is InChI=1S/C10H8N2O2/c11-6-10(3-4-10)8-2-1-7(5-12-8)9(13)14/h1-2,5H,3-4H2,(H,13,14). The highest BCUT2D eigenvalue weighted by molar-refractivity contribution is 5.87. The van der Waals surface area contributed by atoms with Gasteiger partial charge in [-0.3, -0.25) is 4.98 Å². The Morgan fingerprint density at radius 3 is 2.64 bits per heavy atom. The Balaban J connectivity index is 2.32. The number of nitriles is 1. The zero-order valence-corrected chi connectivity index (χ0v) is 7.40. The molecule has 1 fully saturated rings. The van der Waals surface area contributed by atoms with Gasteiger partial charge in [0.15, 0.2) is 0 Å². The van der Waals surface area contributed by atoms with E-state index in [-0.39, 0.29) is 5.56 Å². The molecular weight excluding hydrogens is 180 g/mol. The van der Waals surface area contributed by atoms with Crippen LogP contribution in [-0.4, -0.2) is 16.1 Å². The second-order valence-corrected chi connectivity index (χ2v) is 3.43. The Hall–Kier alpha value is -1.89. The Morgan fingerprint density at radius 2 is 2.29 bits per heavy atom. The van der Waals surface area contributed by atoms with Crippen molar-refractivity contribution in [1.29, 1.82) is 5.26 Å². The fourth-order valence-corrected chi connectivity index (χ4v) is 1.35. The zero-order chi connectivity index (χ0) is 10.2. The molecule has 4 nitrogen and oxygen atoms in total. The maximum atomic E-state index is 10.5. The summed E-state index contributed by atoms with van der Waals surface area (Å²) in [5, 5.41) is 17.5. The van der Waals surface area contributed by atoms with Crippen LogP contribution in [0.25, 0.3) is 0 Å². The molecule has 70 valence electrons. The molecular formula is C10H8N2O2. The third-order valence-electron chi connectivity index (χ3n) is 2.46. The van der Waals surface area contributed by atoms with E-state index in [1.165, 1.54) is 12.3 Å². The lowest BCUT2D eigenvalue weighted by Crippen LogP contribution is -2.07. The van der Waals surface area contributed by atoms with Gasteiger partial charge in [-0.2, -0.15) is 5.26 Å². The van der Waals surface area contributed by atoms with Crippen LogP contribution in [0.2, 0.25) is 0 Å². The summed E-state index contributed by atoms with van der Waals surface area (Å²) in [4.78, 5) is 14.5. The summed E-state index contributed by atoms with van der Waals surface area (Å²) in [5.41, 5.74) is 0.407. The summed E-state index contributed by atoms with van der Waals surface area (Å²) >= 11 is 0. The number of carbonyl (C=O) groups is 1. The highest BCUT2D eigenvalue weighted by Crippen LogP contribution is 2.46. The third-order valence-corrected chi connectivity index (χ3v) is 2.46. The molecule has 1 heterocycles. The molecule has 0 unspecified atom stereocenters. The normalized spacial score (nSPS) is 17.1. The summed E-state index contributed by atoms with van der Waals surface area (Å²) in [6.07, 6.45) is 2.95. The molecule has 0 bridgehead atoms. The van der Waals surface area contributed by atoms with E-state index in [0.717, 1.165) is 12.8 Å². The maximum Gasteiger partial charge on any atom is 0.337 e. The van der Waals surface area contributed by atoms with E-state index >= 15 is 0 Å². The molecule has 1 aliphatic carbocycles. The summed E-state index contributed by atoms with van der Waals surface area (Å²) in [5.74, 6) is -0.995. The minimum absolute atomic E-state index is 0.155. The number of hydrogen-bond acceptors (Lipinski definition) is 3. The maximum absolute atomic E-state index is 10.5. The molecule has 1 aromatic heterocycles. The number of carboxylic acid groups (broad SMARTS) is 1. The van der Waals surface area contributed by atoms with Crippen LogP contribution in [0.5, 0.6) is 0 Å². The third kappa shape index (κ3) is 1.23. The molecule has 1 aromatic rings. The van der Waals surface area contributed by atoms with Crippen LogP contribution in [0.1, 0.15) is 28.9 Å². The molecule has 0 amide bonds. The van der Waals surface area contributed by atoms with Crippen molar-refractivity contribution in [2.24, 2.45) is 0 Å². The van der Waals surface area contributed by atoms with Gasteiger partial charge in [-0.05, 0) is 25.0 Å². The van der Waals surface area contributed by atoms with Crippen LogP contribution >= 0.6 is 0 Å². The van der Waals surface area contributed by atoms with Crippen molar-refractivity contribution < 1.29 is 9.90 Å². The van der Waals surface area contributed by atoms with Crippen LogP contribution in [0, 0.1) is 11.3 Å². The van der Waals surface area contributed by atoms with E-state index in [9.17, 15) is 4.79 Å². The Labute approximate surface area is 80.8 Å². The van der Waals surface area contributed by atoms with Gasteiger partial charge in [0.2, 0.25) is 0 Å². The van der Waals surface area contributed by atoms with Crippen molar-refractivity contribution in [3.63, 3.8) is 0 Å². The Kier molecular flexibility index (Phi) is 1.74. The van der Waals surface area contributed by atoms with Crippen molar-refractivity contribution in [3.8, 4) is 6.07 Å². The van der Waals surface area contributed by atoms with Gasteiger partial charge in [-0.15, -0.1) is 0 Å². The van der Waals surface area contributed by atoms with E-state index < -0.39 is 11.4 Å². The van der Waals surface area contributed by atoms with Gasteiger partial charge < -0.3 is 5.11 Å². The first-order valence-corrected chi connectivity index (χ1v) is 4.29. The van der Waals surface area contributed by atoms with Gasteiger partial charge in [0.1, 0.15) is 0 Å². The second-order valence-electron chi connectivity index (χ2n) is 3.43. The Bertz CT molecular complexity index is 413. The number of aromatic nitrogens is 1. The van der Waals surface area contributed by atoms with Crippen molar-refractivity contribution in [2.75, 3.05) is 0 Å². The van der Waals surface area contributed by atoms with E-state index in [1.807, 2.05) is 0 Å². The van der Waals surface area contributed by atoms with Gasteiger partial charge in [-0.1, -0.05) is 0 Å². The van der Waals surface area contributed by atoms with E-state index in [1.54, 1.807) is 6.07 Å². The van der Waals surface area contributed by atoms with Crippen LogP contribution in [-0.2, 0) is 5.41 Å². The predicted octanol–water partition coefficient (Wildman–Crippen LogP) is 1.33. The average molecular weight is 188 g/mol. The topological polar surface area (TPSA) is 74.0 Å². The summed E-state index contributed by atoms with van der Waals surface area (Å²) < 4.78 is 0. The molecule has 0 aromatic carbocycles. The van der Waals surface area contributed by atoms with Gasteiger partial charge >= 0.3 is 5.97 Å². The quantitative estimate of drug-likeness (QED) is 0.759. The molecule has 14 heavy (non-hydrogen) atoms. The summed E-state index contributed by atoms with van der Waals surface area (Å²) in [7, 11) is 0. The predicted molar refractivity (Wildman–Crippen MR) is 47.7 cm³/mol. The van der Waals surface area contributed by atoms with E-state index in [4.69, 9.17) is 10.4 Å². The largest absolute Gasteiger partial charge is 0.478 e. The smallest absolute Gasteiger partial charge is 0.337 e. The molecule has 0 spiro atoms. The van der Waals surface area contributed by atoms with Crippen molar-refractivity contribution in [3.05, 3.63) is 29.6 Å². The number of rotatable bonds is 2. The van der Waals surface area contributed by atoms with E-state index in [0.29, 0.717) is 5.69 Å². The zero-order valence-electron chi connectivity index (χ0n) is 7.40. The Morgan fingerprint density at radius 1 is 1.57 bits per heavy atom. The minimum Gasteiger partial charge on any atom is -0.478 e. The number of nitrogens with zero attached hydrogens (tertiary/aromatic N) is 2. The van der Waals surface area contributed by atoms with Crippen LogP contribution < -0.4 is 0 Å². The van der Waals surface area contributed by atoms with Crippen LogP contribution in [0.15, 0.2) is 18.3 Å². The van der Waals surface area contributed by atoms with Gasteiger partial charge in [0.05, 0.1) is 22.7 Å². The molecule has 0 radical (unpaired) electrons. The fourth-order valence-electron chi connectivity index (χ4n) is 1.35. The van der Waals surface area contributed by atoms with Gasteiger partial charge in [0.25, 0.3) is 0 Å². The first-order valence-electron chi connectivity index (χ1n) is 4.29. The number of aromatic carboxylic acids is 1. The first-order chi connectivity index (χ1) is 6.68. The van der Waals surface area contributed by atoms with Crippen molar-refractivity contribution in [2.45, 2.75) is 18.3 Å². The second kappa shape index (κ2) is 2.81. The average Bonchev–Trinajstić information content (AvgIpc) is 2.99. The van der Waals surface area contributed by atoms with Crippen LogP contribution in [0.4, 0.5) is 0 Å². The fraction of sp³-hybridized carbons (Fsp3) is 0.300. The monoisotopic (exact) mass is 188 g/mol. The van der Waals surface area contributed by atoms with Crippen LogP contribution in [0.3, 0.4) is 0 Å². The van der Waals surface area contributed by atoms with Crippen molar-refractivity contribution >= 4 is 5.97 Å². The number of hydrogen-bond donors (Lipinski definition) is 1. The molecule has 0 saturated heterocycles. The van der Waals surface area contributed by atoms with Crippen molar-refractivity contribution in [1.82, 2.24) is 4.98 Å². The highest BCUT2D eigenvalue weighted by atomic mass is 16.4. The molecule has 4 heteroatoms.